The first-order valence-corrected chi connectivity index (χ1v) is 9.80. The number of amides is 2. The van der Waals surface area contributed by atoms with Gasteiger partial charge in [-0.05, 0) is 48.5 Å². The van der Waals surface area contributed by atoms with Crippen molar-refractivity contribution in [2.45, 2.75) is 6.42 Å². The fourth-order valence-corrected chi connectivity index (χ4v) is 3.48. The van der Waals surface area contributed by atoms with Gasteiger partial charge in [-0.15, -0.1) is 0 Å². The van der Waals surface area contributed by atoms with Crippen LogP contribution in [0.2, 0.25) is 0 Å². The monoisotopic (exact) mass is 401 g/mol. The number of benzene rings is 3. The van der Waals surface area contributed by atoms with Crippen LogP contribution in [-0.4, -0.2) is 25.5 Å². The van der Waals surface area contributed by atoms with Crippen molar-refractivity contribution in [2.24, 2.45) is 5.92 Å². The van der Waals surface area contributed by atoms with Gasteiger partial charge in [0.15, 0.2) is 0 Å². The molecule has 1 heterocycles. The number of carbonyl (C=O) groups is 2. The van der Waals surface area contributed by atoms with E-state index in [4.69, 9.17) is 4.74 Å². The van der Waals surface area contributed by atoms with Gasteiger partial charge in [0.2, 0.25) is 11.8 Å². The van der Waals surface area contributed by atoms with Crippen LogP contribution in [0.4, 0.5) is 22.7 Å². The summed E-state index contributed by atoms with van der Waals surface area (Å²) in [5.41, 5.74) is 3.37. The van der Waals surface area contributed by atoms with E-state index >= 15 is 0 Å². The number of para-hydroxylation sites is 1. The summed E-state index contributed by atoms with van der Waals surface area (Å²) in [6.45, 7) is 0.353. The molecule has 0 radical (unpaired) electrons. The molecule has 4 rings (SSSR count). The average Bonchev–Trinajstić information content (AvgIpc) is 3.18. The number of nitrogens with zero attached hydrogens (tertiary/aromatic N) is 1. The van der Waals surface area contributed by atoms with Gasteiger partial charge in [0.1, 0.15) is 5.75 Å². The van der Waals surface area contributed by atoms with Crippen LogP contribution in [0.25, 0.3) is 0 Å². The Morgan fingerprint density at radius 3 is 2.37 bits per heavy atom. The van der Waals surface area contributed by atoms with Gasteiger partial charge in [0, 0.05) is 41.8 Å². The second kappa shape index (κ2) is 8.69. The van der Waals surface area contributed by atoms with Crippen molar-refractivity contribution in [3.05, 3.63) is 78.9 Å². The molecule has 1 fully saturated rings. The molecule has 1 aliphatic heterocycles. The third-order valence-corrected chi connectivity index (χ3v) is 5.08. The lowest BCUT2D eigenvalue weighted by molar-refractivity contribution is -0.122. The van der Waals surface area contributed by atoms with Gasteiger partial charge in [-0.1, -0.05) is 24.3 Å². The van der Waals surface area contributed by atoms with Crippen LogP contribution >= 0.6 is 0 Å². The summed E-state index contributed by atoms with van der Waals surface area (Å²) in [7, 11) is 1.59. The molecule has 2 N–H and O–H groups in total. The van der Waals surface area contributed by atoms with Gasteiger partial charge in [0.05, 0.1) is 13.0 Å². The molecular weight excluding hydrogens is 378 g/mol. The summed E-state index contributed by atoms with van der Waals surface area (Å²) in [6, 6.07) is 24.7. The minimum Gasteiger partial charge on any atom is -0.497 e. The lowest BCUT2D eigenvalue weighted by atomic mass is 10.1. The Labute approximate surface area is 175 Å². The number of hydrogen-bond acceptors (Lipinski definition) is 4. The van der Waals surface area contributed by atoms with Crippen LogP contribution < -0.4 is 20.3 Å². The fourth-order valence-electron chi connectivity index (χ4n) is 3.48. The molecule has 0 aromatic heterocycles. The predicted octanol–water partition coefficient (Wildman–Crippen LogP) is 4.43. The Bertz CT molecular complexity index is 1040. The molecule has 6 heteroatoms. The van der Waals surface area contributed by atoms with Gasteiger partial charge in [0.25, 0.3) is 0 Å². The number of hydrogen-bond donors (Lipinski definition) is 2. The molecule has 1 saturated heterocycles. The molecule has 6 nitrogen and oxygen atoms in total. The van der Waals surface area contributed by atoms with E-state index in [0.29, 0.717) is 18.0 Å². The van der Waals surface area contributed by atoms with Gasteiger partial charge in [-0.25, -0.2) is 0 Å². The second-order valence-electron chi connectivity index (χ2n) is 7.16. The molecule has 0 spiro atoms. The summed E-state index contributed by atoms with van der Waals surface area (Å²) >= 11 is 0. The van der Waals surface area contributed by atoms with Gasteiger partial charge in [-0.2, -0.15) is 0 Å². The maximum Gasteiger partial charge on any atom is 0.229 e. The molecule has 0 bridgehead atoms. The first-order chi connectivity index (χ1) is 14.6. The molecule has 1 aliphatic rings. The Hall–Kier alpha value is -3.80. The lowest BCUT2D eigenvalue weighted by Crippen LogP contribution is -2.28. The fraction of sp³-hybridized carbons (Fsp3) is 0.167. The van der Waals surface area contributed by atoms with Crippen molar-refractivity contribution in [3.8, 4) is 5.75 Å². The minimum atomic E-state index is -0.397. The summed E-state index contributed by atoms with van der Waals surface area (Å²) < 4.78 is 5.23. The topological polar surface area (TPSA) is 70.7 Å². The highest BCUT2D eigenvalue weighted by molar-refractivity contribution is 6.03. The van der Waals surface area contributed by atoms with Gasteiger partial charge in [-0.3, -0.25) is 9.59 Å². The maximum atomic E-state index is 12.7. The number of methoxy groups -OCH3 is 1. The van der Waals surface area contributed by atoms with E-state index < -0.39 is 5.92 Å². The van der Waals surface area contributed by atoms with Crippen molar-refractivity contribution in [1.82, 2.24) is 0 Å². The third kappa shape index (κ3) is 4.43. The Morgan fingerprint density at radius 1 is 0.933 bits per heavy atom. The molecule has 152 valence electrons. The van der Waals surface area contributed by atoms with Crippen LogP contribution in [0, 0.1) is 5.92 Å². The smallest absolute Gasteiger partial charge is 0.229 e. The molecule has 0 saturated carbocycles. The summed E-state index contributed by atoms with van der Waals surface area (Å²) in [5, 5.41) is 6.22. The molecule has 3 aromatic carbocycles. The standard InChI is InChI=1S/C24H23N3O3/c1-30-22-9-5-8-21(15-22)27-16-17(14-23(27)28)24(29)26-20-12-10-19(11-13-20)25-18-6-3-2-4-7-18/h2-13,15,17,25H,14,16H2,1H3,(H,26,29). The van der Waals surface area contributed by atoms with E-state index in [1.807, 2.05) is 72.8 Å². The lowest BCUT2D eigenvalue weighted by Gasteiger charge is -2.17. The highest BCUT2D eigenvalue weighted by Crippen LogP contribution is 2.28. The van der Waals surface area contributed by atoms with Crippen molar-refractivity contribution in [1.29, 1.82) is 0 Å². The third-order valence-electron chi connectivity index (χ3n) is 5.08. The number of carbonyl (C=O) groups excluding carboxylic acids is 2. The zero-order valence-electron chi connectivity index (χ0n) is 16.7. The van der Waals surface area contributed by atoms with Crippen molar-refractivity contribution >= 4 is 34.6 Å². The van der Waals surface area contributed by atoms with Gasteiger partial charge >= 0.3 is 0 Å². The first-order valence-electron chi connectivity index (χ1n) is 9.80. The first kappa shape index (κ1) is 19.5. The van der Waals surface area contributed by atoms with Crippen molar-refractivity contribution in [2.75, 3.05) is 29.2 Å². The van der Waals surface area contributed by atoms with Crippen LogP contribution in [0.5, 0.6) is 5.75 Å². The zero-order valence-corrected chi connectivity index (χ0v) is 16.7. The Kier molecular flexibility index (Phi) is 5.66. The normalized spacial score (nSPS) is 15.7. The largest absolute Gasteiger partial charge is 0.497 e. The quantitative estimate of drug-likeness (QED) is 0.641. The molecule has 1 unspecified atom stereocenters. The van der Waals surface area contributed by atoms with E-state index in [2.05, 4.69) is 10.6 Å². The number of anilines is 4. The second-order valence-corrected chi connectivity index (χ2v) is 7.16. The molecular formula is C24H23N3O3. The van der Waals surface area contributed by atoms with Crippen molar-refractivity contribution in [3.63, 3.8) is 0 Å². The van der Waals surface area contributed by atoms with Crippen LogP contribution in [-0.2, 0) is 9.59 Å². The van der Waals surface area contributed by atoms with E-state index in [0.717, 1.165) is 17.1 Å². The van der Waals surface area contributed by atoms with Crippen molar-refractivity contribution < 1.29 is 14.3 Å². The van der Waals surface area contributed by atoms with Crippen LogP contribution in [0.3, 0.4) is 0 Å². The number of ether oxygens (including phenoxy) is 1. The highest BCUT2D eigenvalue weighted by atomic mass is 16.5. The predicted molar refractivity (Wildman–Crippen MR) is 118 cm³/mol. The number of rotatable bonds is 6. The van der Waals surface area contributed by atoms with Gasteiger partial charge < -0.3 is 20.3 Å². The summed E-state index contributed by atoms with van der Waals surface area (Å²) in [4.78, 5) is 26.8. The Morgan fingerprint density at radius 2 is 1.63 bits per heavy atom. The average molecular weight is 401 g/mol. The Balaban J connectivity index is 1.37. The van der Waals surface area contributed by atoms with E-state index in [9.17, 15) is 9.59 Å². The molecule has 2 amide bonds. The van der Waals surface area contributed by atoms with E-state index in [1.165, 1.54) is 0 Å². The molecule has 1 atom stereocenters. The molecule has 30 heavy (non-hydrogen) atoms. The summed E-state index contributed by atoms with van der Waals surface area (Å²) in [6.07, 6.45) is 0.191. The molecule has 3 aromatic rings. The molecule has 0 aliphatic carbocycles. The SMILES string of the molecule is COc1cccc(N2CC(C(=O)Nc3ccc(Nc4ccccc4)cc3)CC2=O)c1. The number of nitrogens with one attached hydrogen (secondary N) is 2. The highest BCUT2D eigenvalue weighted by Gasteiger charge is 2.35. The summed E-state index contributed by atoms with van der Waals surface area (Å²) in [5.74, 6) is 0.0616. The van der Waals surface area contributed by atoms with Crippen LogP contribution in [0.15, 0.2) is 78.9 Å². The minimum absolute atomic E-state index is 0.0641. The van der Waals surface area contributed by atoms with E-state index in [1.54, 1.807) is 18.1 Å². The zero-order chi connectivity index (χ0) is 20.9. The maximum absolute atomic E-state index is 12.7. The van der Waals surface area contributed by atoms with E-state index in [-0.39, 0.29) is 18.2 Å². The van der Waals surface area contributed by atoms with Crippen LogP contribution in [0.1, 0.15) is 6.42 Å².